The van der Waals surface area contributed by atoms with E-state index in [1.165, 1.54) is 0 Å². The van der Waals surface area contributed by atoms with Crippen LogP contribution in [0.2, 0.25) is 0 Å². The Kier molecular flexibility index (Phi) is 10.7. The van der Waals surface area contributed by atoms with Crippen LogP contribution < -0.4 is 16.0 Å². The maximum Gasteiger partial charge on any atom is 0.407 e. The summed E-state index contributed by atoms with van der Waals surface area (Å²) in [7, 11) is 0. The number of aliphatic hydroxyl groups is 1. The van der Waals surface area contributed by atoms with Gasteiger partial charge in [0.15, 0.2) is 0 Å². The summed E-state index contributed by atoms with van der Waals surface area (Å²) >= 11 is 0. The average molecular weight is 472 g/mol. The molecule has 1 aromatic carbocycles. The zero-order chi connectivity index (χ0) is 25.3. The second kappa shape index (κ2) is 12.5. The second-order valence-corrected chi connectivity index (χ2v) is 9.19. The standard InChI is InChI=1S/C23H35F2N3O5/c1-7-26-21(31)20(13(2)3)28-19(30)12-18(29)17(27-22(32)33-23(4,5)6)10-14-8-15(24)11-16(25)9-14/h8-9,11,13,17-18,20,29H,7,10,12H2,1-6H3,(H,26,31)(H,27,32)(H,28,30)/t17-,18+,20-/m0/s1. The van der Waals surface area contributed by atoms with Crippen molar-refractivity contribution >= 4 is 17.9 Å². The zero-order valence-corrected chi connectivity index (χ0v) is 20.0. The topological polar surface area (TPSA) is 117 Å². The number of halogens is 2. The van der Waals surface area contributed by atoms with Crippen LogP contribution in [-0.4, -0.2) is 53.3 Å². The minimum absolute atomic E-state index is 0.160. The van der Waals surface area contributed by atoms with Crippen molar-refractivity contribution in [3.63, 3.8) is 0 Å². The van der Waals surface area contributed by atoms with E-state index in [9.17, 15) is 28.3 Å². The maximum atomic E-state index is 13.6. The van der Waals surface area contributed by atoms with E-state index in [4.69, 9.17) is 4.74 Å². The summed E-state index contributed by atoms with van der Waals surface area (Å²) in [5, 5.41) is 18.4. The van der Waals surface area contributed by atoms with E-state index in [2.05, 4.69) is 16.0 Å². The van der Waals surface area contributed by atoms with E-state index in [1.807, 2.05) is 0 Å². The first kappa shape index (κ1) is 28.3. The SMILES string of the molecule is CCNC(=O)[C@@H](NC(=O)C[C@@H](O)[C@H](Cc1cc(F)cc(F)c1)NC(=O)OC(C)(C)C)C(C)C. The van der Waals surface area contributed by atoms with E-state index in [-0.39, 0.29) is 23.8 Å². The lowest BCUT2D eigenvalue weighted by Gasteiger charge is -2.27. The Labute approximate surface area is 193 Å². The van der Waals surface area contributed by atoms with E-state index in [1.54, 1.807) is 41.5 Å². The molecule has 0 aliphatic carbocycles. The maximum absolute atomic E-state index is 13.6. The summed E-state index contributed by atoms with van der Waals surface area (Å²) in [6.07, 6.45) is -2.90. The Morgan fingerprint density at radius 1 is 1.06 bits per heavy atom. The van der Waals surface area contributed by atoms with Gasteiger partial charge in [-0.05, 0) is 57.7 Å². The number of nitrogens with one attached hydrogen (secondary N) is 3. The van der Waals surface area contributed by atoms with Gasteiger partial charge in [-0.25, -0.2) is 13.6 Å². The first-order chi connectivity index (χ1) is 15.2. The van der Waals surface area contributed by atoms with Crippen molar-refractivity contribution in [3.05, 3.63) is 35.4 Å². The van der Waals surface area contributed by atoms with Crippen LogP contribution in [0.5, 0.6) is 0 Å². The highest BCUT2D eigenvalue weighted by Gasteiger charge is 2.29. The molecule has 0 bridgehead atoms. The number of hydrogen-bond acceptors (Lipinski definition) is 5. The highest BCUT2D eigenvalue weighted by atomic mass is 19.1. The Morgan fingerprint density at radius 2 is 1.64 bits per heavy atom. The zero-order valence-electron chi connectivity index (χ0n) is 20.0. The molecular formula is C23H35F2N3O5. The number of ether oxygens (including phenoxy) is 1. The molecule has 33 heavy (non-hydrogen) atoms. The van der Waals surface area contributed by atoms with Gasteiger partial charge in [0.25, 0.3) is 0 Å². The number of likely N-dealkylation sites (N-methyl/N-ethyl adjacent to an activating group) is 1. The number of benzene rings is 1. The molecular weight excluding hydrogens is 436 g/mol. The summed E-state index contributed by atoms with van der Waals surface area (Å²) in [5.41, 5.74) is -0.644. The average Bonchev–Trinajstić information content (AvgIpc) is 2.63. The fourth-order valence-corrected chi connectivity index (χ4v) is 3.11. The Hall–Kier alpha value is -2.75. The molecule has 0 aromatic heterocycles. The second-order valence-electron chi connectivity index (χ2n) is 9.19. The van der Waals surface area contributed by atoms with Crippen molar-refractivity contribution in [2.75, 3.05) is 6.54 Å². The first-order valence-electron chi connectivity index (χ1n) is 10.9. The van der Waals surface area contributed by atoms with Crippen LogP contribution in [-0.2, 0) is 20.7 Å². The molecule has 1 rings (SSSR count). The van der Waals surface area contributed by atoms with Crippen molar-refractivity contribution < 1.29 is 33.0 Å². The molecule has 0 saturated heterocycles. The molecule has 8 nitrogen and oxygen atoms in total. The monoisotopic (exact) mass is 471 g/mol. The number of hydrogen-bond donors (Lipinski definition) is 4. The predicted molar refractivity (Wildman–Crippen MR) is 119 cm³/mol. The van der Waals surface area contributed by atoms with Gasteiger partial charge in [-0.15, -0.1) is 0 Å². The van der Waals surface area contributed by atoms with Gasteiger partial charge >= 0.3 is 6.09 Å². The molecule has 0 radical (unpaired) electrons. The third-order valence-corrected chi connectivity index (χ3v) is 4.56. The molecule has 10 heteroatoms. The molecule has 0 fully saturated rings. The van der Waals surface area contributed by atoms with Gasteiger partial charge in [-0.2, -0.15) is 0 Å². The molecule has 0 heterocycles. The van der Waals surface area contributed by atoms with Gasteiger partial charge < -0.3 is 25.8 Å². The minimum atomic E-state index is -1.43. The molecule has 3 atom stereocenters. The minimum Gasteiger partial charge on any atom is -0.444 e. The molecule has 0 aliphatic rings. The van der Waals surface area contributed by atoms with Gasteiger partial charge in [0.1, 0.15) is 23.3 Å². The Morgan fingerprint density at radius 3 is 2.12 bits per heavy atom. The lowest BCUT2D eigenvalue weighted by Crippen LogP contribution is -2.52. The van der Waals surface area contributed by atoms with E-state index >= 15 is 0 Å². The molecule has 0 saturated carbocycles. The number of aliphatic hydroxyl groups excluding tert-OH is 1. The summed E-state index contributed by atoms with van der Waals surface area (Å²) in [5.74, 6) is -2.80. The van der Waals surface area contributed by atoms with E-state index in [0.29, 0.717) is 12.6 Å². The number of carbonyl (C=O) groups excluding carboxylic acids is 3. The van der Waals surface area contributed by atoms with Crippen LogP contribution in [0.15, 0.2) is 18.2 Å². The highest BCUT2D eigenvalue weighted by molar-refractivity contribution is 5.88. The van der Waals surface area contributed by atoms with E-state index < -0.39 is 53.8 Å². The normalized spacial score (nSPS) is 14.2. The van der Waals surface area contributed by atoms with Crippen LogP contribution in [0, 0.1) is 17.6 Å². The fraction of sp³-hybridized carbons (Fsp3) is 0.609. The highest BCUT2D eigenvalue weighted by Crippen LogP contribution is 2.15. The molecule has 186 valence electrons. The van der Waals surface area contributed by atoms with Gasteiger partial charge in [-0.3, -0.25) is 9.59 Å². The van der Waals surface area contributed by atoms with E-state index in [0.717, 1.165) is 12.1 Å². The number of amides is 3. The molecule has 0 aliphatic heterocycles. The molecule has 1 aromatic rings. The number of alkyl carbamates (subject to hydrolysis) is 1. The van der Waals surface area contributed by atoms with Crippen molar-refractivity contribution in [2.24, 2.45) is 5.92 Å². The van der Waals surface area contributed by atoms with Crippen LogP contribution in [0.1, 0.15) is 53.5 Å². The molecule has 4 N–H and O–H groups in total. The van der Waals surface area contributed by atoms with Gasteiger partial charge in [-0.1, -0.05) is 13.8 Å². The first-order valence-corrected chi connectivity index (χ1v) is 10.9. The lowest BCUT2D eigenvalue weighted by atomic mass is 9.98. The summed E-state index contributed by atoms with van der Waals surface area (Å²) in [4.78, 5) is 37.0. The molecule has 0 unspecified atom stereocenters. The quantitative estimate of drug-likeness (QED) is 0.418. The summed E-state index contributed by atoms with van der Waals surface area (Å²) in [6, 6.07) is 0.956. The Bertz CT molecular complexity index is 807. The third kappa shape index (κ3) is 10.6. The summed E-state index contributed by atoms with van der Waals surface area (Å²) in [6.45, 7) is 10.6. The number of rotatable bonds is 10. The van der Waals surface area contributed by atoms with Crippen molar-refractivity contribution in [3.8, 4) is 0 Å². The number of carbonyl (C=O) groups is 3. The smallest absolute Gasteiger partial charge is 0.407 e. The fourth-order valence-electron chi connectivity index (χ4n) is 3.11. The summed E-state index contributed by atoms with van der Waals surface area (Å²) < 4.78 is 32.4. The molecule has 0 spiro atoms. The van der Waals surface area contributed by atoms with Crippen LogP contribution in [0.25, 0.3) is 0 Å². The van der Waals surface area contributed by atoms with Gasteiger partial charge in [0, 0.05) is 12.6 Å². The van der Waals surface area contributed by atoms with Crippen LogP contribution >= 0.6 is 0 Å². The largest absolute Gasteiger partial charge is 0.444 e. The van der Waals surface area contributed by atoms with Gasteiger partial charge in [0.05, 0.1) is 18.6 Å². The van der Waals surface area contributed by atoms with Crippen molar-refractivity contribution in [1.82, 2.24) is 16.0 Å². The van der Waals surface area contributed by atoms with Crippen molar-refractivity contribution in [1.29, 1.82) is 0 Å². The van der Waals surface area contributed by atoms with Crippen LogP contribution in [0.3, 0.4) is 0 Å². The lowest BCUT2D eigenvalue weighted by molar-refractivity contribution is -0.131. The van der Waals surface area contributed by atoms with Crippen molar-refractivity contribution in [2.45, 2.75) is 78.2 Å². The Balaban J connectivity index is 2.99. The third-order valence-electron chi connectivity index (χ3n) is 4.56. The van der Waals surface area contributed by atoms with Gasteiger partial charge in [0.2, 0.25) is 11.8 Å². The molecule has 3 amide bonds. The van der Waals surface area contributed by atoms with Crippen LogP contribution in [0.4, 0.5) is 13.6 Å². The predicted octanol–water partition coefficient (Wildman–Crippen LogP) is 2.43.